The van der Waals surface area contributed by atoms with Crippen LogP contribution in [0.5, 0.6) is 5.75 Å². The molecule has 0 saturated carbocycles. The smallest absolute Gasteiger partial charge is 0.272 e. The van der Waals surface area contributed by atoms with Crippen LogP contribution >= 0.6 is 0 Å². The standard InChI is InChI=1S/C13H18F2N2O2/c1-8(9(2)16)13(18)17-10-5-3-4-6-11(10)19-7-12(14)15/h3-6,8-9,12H,7,16H2,1-2H3,(H,17,18). The molecule has 0 heterocycles. The van der Waals surface area contributed by atoms with Crippen LogP contribution in [0.4, 0.5) is 14.5 Å². The number of nitrogens with one attached hydrogen (secondary N) is 1. The fourth-order valence-corrected chi connectivity index (χ4v) is 1.33. The highest BCUT2D eigenvalue weighted by Gasteiger charge is 2.18. The van der Waals surface area contributed by atoms with Crippen LogP contribution in [0.15, 0.2) is 24.3 Å². The Morgan fingerprint density at radius 3 is 2.58 bits per heavy atom. The quantitative estimate of drug-likeness (QED) is 0.834. The SMILES string of the molecule is CC(N)C(C)C(=O)Nc1ccccc1OCC(F)F. The number of amides is 1. The molecule has 3 N–H and O–H groups in total. The molecule has 1 aromatic carbocycles. The minimum Gasteiger partial charge on any atom is -0.485 e. The van der Waals surface area contributed by atoms with Crippen LogP contribution < -0.4 is 15.8 Å². The van der Waals surface area contributed by atoms with Crippen LogP contribution in [0, 0.1) is 5.92 Å². The number of carbonyl (C=O) groups is 1. The number of anilines is 1. The maximum absolute atomic E-state index is 12.1. The van der Waals surface area contributed by atoms with Crippen LogP contribution in [0.2, 0.25) is 0 Å². The average molecular weight is 272 g/mol. The van der Waals surface area contributed by atoms with Crippen LogP contribution in [-0.2, 0) is 4.79 Å². The molecule has 1 aromatic rings. The van der Waals surface area contributed by atoms with Crippen molar-refractivity contribution in [2.45, 2.75) is 26.3 Å². The molecule has 19 heavy (non-hydrogen) atoms. The van der Waals surface area contributed by atoms with Crippen molar-refractivity contribution in [1.29, 1.82) is 0 Å². The first-order chi connectivity index (χ1) is 8.91. The lowest BCUT2D eigenvalue weighted by molar-refractivity contribution is -0.119. The molecule has 0 fully saturated rings. The van der Waals surface area contributed by atoms with Crippen LogP contribution in [0.25, 0.3) is 0 Å². The summed E-state index contributed by atoms with van der Waals surface area (Å²) in [7, 11) is 0. The van der Waals surface area contributed by atoms with Gasteiger partial charge in [-0.25, -0.2) is 8.78 Å². The van der Waals surface area contributed by atoms with E-state index in [-0.39, 0.29) is 23.6 Å². The lowest BCUT2D eigenvalue weighted by Gasteiger charge is -2.17. The number of hydrogen-bond donors (Lipinski definition) is 2. The molecule has 0 saturated heterocycles. The highest BCUT2D eigenvalue weighted by Crippen LogP contribution is 2.24. The number of ether oxygens (including phenoxy) is 1. The Morgan fingerprint density at radius 2 is 2.00 bits per heavy atom. The lowest BCUT2D eigenvalue weighted by atomic mass is 10.0. The van der Waals surface area contributed by atoms with Crippen LogP contribution in [0.1, 0.15) is 13.8 Å². The van der Waals surface area contributed by atoms with Crippen LogP contribution in [-0.4, -0.2) is 25.0 Å². The monoisotopic (exact) mass is 272 g/mol. The minimum absolute atomic E-state index is 0.216. The molecular formula is C13H18F2N2O2. The van der Waals surface area contributed by atoms with Crippen molar-refractivity contribution >= 4 is 11.6 Å². The molecule has 1 amide bonds. The molecule has 0 aliphatic rings. The number of hydrogen-bond acceptors (Lipinski definition) is 3. The average Bonchev–Trinajstić information content (AvgIpc) is 2.36. The summed E-state index contributed by atoms with van der Waals surface area (Å²) in [5.74, 6) is -0.445. The molecular weight excluding hydrogens is 254 g/mol. The van der Waals surface area contributed by atoms with E-state index in [9.17, 15) is 13.6 Å². The molecule has 0 aliphatic heterocycles. The van der Waals surface area contributed by atoms with Gasteiger partial charge in [-0.1, -0.05) is 19.1 Å². The second-order valence-electron chi connectivity index (χ2n) is 4.34. The van der Waals surface area contributed by atoms with Gasteiger partial charge in [-0.3, -0.25) is 4.79 Å². The fraction of sp³-hybridized carbons (Fsp3) is 0.462. The molecule has 0 bridgehead atoms. The van der Waals surface area contributed by atoms with Gasteiger partial charge in [-0.15, -0.1) is 0 Å². The second kappa shape index (κ2) is 7.04. The van der Waals surface area contributed by atoms with Gasteiger partial charge in [0.2, 0.25) is 5.91 Å². The third kappa shape index (κ3) is 4.82. The van der Waals surface area contributed by atoms with Crippen molar-refractivity contribution in [3.05, 3.63) is 24.3 Å². The van der Waals surface area contributed by atoms with E-state index >= 15 is 0 Å². The van der Waals surface area contributed by atoms with Crippen LogP contribution in [0.3, 0.4) is 0 Å². The number of benzene rings is 1. The summed E-state index contributed by atoms with van der Waals surface area (Å²) in [5, 5.41) is 2.63. The molecule has 106 valence electrons. The number of rotatable bonds is 6. The molecule has 0 aromatic heterocycles. The third-order valence-corrected chi connectivity index (χ3v) is 2.71. The Morgan fingerprint density at radius 1 is 1.37 bits per heavy atom. The van der Waals surface area contributed by atoms with Gasteiger partial charge in [0.1, 0.15) is 12.4 Å². The van der Waals surface area contributed by atoms with Crippen molar-refractivity contribution in [1.82, 2.24) is 0 Å². The second-order valence-corrected chi connectivity index (χ2v) is 4.34. The summed E-state index contributed by atoms with van der Waals surface area (Å²) >= 11 is 0. The van der Waals surface area contributed by atoms with Gasteiger partial charge in [0.15, 0.2) is 0 Å². The van der Waals surface area contributed by atoms with Gasteiger partial charge in [0.25, 0.3) is 6.43 Å². The van der Waals surface area contributed by atoms with Gasteiger partial charge in [0.05, 0.1) is 11.6 Å². The summed E-state index contributed by atoms with van der Waals surface area (Å²) in [6.45, 7) is 2.71. The topological polar surface area (TPSA) is 64.4 Å². The van der Waals surface area contributed by atoms with Crippen molar-refractivity contribution in [2.75, 3.05) is 11.9 Å². The number of nitrogens with two attached hydrogens (primary N) is 1. The van der Waals surface area contributed by atoms with Gasteiger partial charge in [0, 0.05) is 6.04 Å². The van der Waals surface area contributed by atoms with E-state index in [0.29, 0.717) is 5.69 Å². The van der Waals surface area contributed by atoms with Gasteiger partial charge < -0.3 is 15.8 Å². The van der Waals surface area contributed by atoms with Crippen molar-refractivity contribution in [2.24, 2.45) is 11.7 Å². The molecule has 0 radical (unpaired) electrons. The van der Waals surface area contributed by atoms with E-state index in [4.69, 9.17) is 10.5 Å². The normalized spacial score (nSPS) is 14.0. The van der Waals surface area contributed by atoms with Crippen molar-refractivity contribution < 1.29 is 18.3 Å². The first kappa shape index (κ1) is 15.4. The van der Waals surface area contributed by atoms with Gasteiger partial charge in [-0.05, 0) is 19.1 Å². The van der Waals surface area contributed by atoms with E-state index in [2.05, 4.69) is 5.32 Å². The predicted molar refractivity (Wildman–Crippen MR) is 69.4 cm³/mol. The highest BCUT2D eigenvalue weighted by atomic mass is 19.3. The predicted octanol–water partition coefficient (Wildman–Crippen LogP) is 2.25. The van der Waals surface area contributed by atoms with E-state index in [0.717, 1.165) is 0 Å². The molecule has 2 atom stereocenters. The Hall–Kier alpha value is -1.69. The molecule has 6 heteroatoms. The largest absolute Gasteiger partial charge is 0.485 e. The zero-order chi connectivity index (χ0) is 14.4. The van der Waals surface area contributed by atoms with E-state index in [1.54, 1.807) is 32.0 Å². The first-order valence-electron chi connectivity index (χ1n) is 5.98. The molecule has 4 nitrogen and oxygen atoms in total. The number of alkyl halides is 2. The van der Waals surface area contributed by atoms with E-state index in [1.165, 1.54) is 6.07 Å². The summed E-state index contributed by atoms with van der Waals surface area (Å²) in [5.41, 5.74) is 6.00. The highest BCUT2D eigenvalue weighted by molar-refractivity contribution is 5.94. The Labute approximate surface area is 110 Å². The molecule has 1 rings (SSSR count). The van der Waals surface area contributed by atoms with Crippen molar-refractivity contribution in [3.63, 3.8) is 0 Å². The lowest BCUT2D eigenvalue weighted by Crippen LogP contribution is -2.34. The Bertz CT molecular complexity index is 425. The van der Waals surface area contributed by atoms with Gasteiger partial charge in [-0.2, -0.15) is 0 Å². The van der Waals surface area contributed by atoms with E-state index in [1.807, 2.05) is 0 Å². The maximum atomic E-state index is 12.1. The summed E-state index contributed by atoms with van der Waals surface area (Å²) in [6, 6.07) is 6.14. The number of para-hydroxylation sites is 2. The van der Waals surface area contributed by atoms with Crippen molar-refractivity contribution in [3.8, 4) is 5.75 Å². The summed E-state index contributed by atoms with van der Waals surface area (Å²) < 4.78 is 29.2. The number of carbonyl (C=O) groups excluding carboxylic acids is 1. The third-order valence-electron chi connectivity index (χ3n) is 2.71. The zero-order valence-corrected chi connectivity index (χ0v) is 10.9. The molecule has 0 spiro atoms. The molecule has 2 unspecified atom stereocenters. The zero-order valence-electron chi connectivity index (χ0n) is 10.9. The van der Waals surface area contributed by atoms with E-state index < -0.39 is 13.0 Å². The molecule has 0 aliphatic carbocycles. The number of halogens is 2. The Balaban J connectivity index is 2.75. The van der Waals surface area contributed by atoms with Gasteiger partial charge >= 0.3 is 0 Å². The fourth-order valence-electron chi connectivity index (χ4n) is 1.33. The summed E-state index contributed by atoms with van der Waals surface area (Å²) in [6.07, 6.45) is -2.56. The Kier molecular flexibility index (Phi) is 5.69. The minimum atomic E-state index is -2.56. The summed E-state index contributed by atoms with van der Waals surface area (Å²) in [4.78, 5) is 11.8. The maximum Gasteiger partial charge on any atom is 0.272 e. The first-order valence-corrected chi connectivity index (χ1v) is 5.98.